The molecule has 0 aliphatic heterocycles. The summed E-state index contributed by atoms with van der Waals surface area (Å²) in [4.78, 5) is 0. The van der Waals surface area contributed by atoms with Crippen molar-refractivity contribution in [3.8, 4) is 0 Å². The van der Waals surface area contributed by atoms with Crippen LogP contribution < -0.4 is 0 Å². The summed E-state index contributed by atoms with van der Waals surface area (Å²) in [6, 6.07) is 8.41. The van der Waals surface area contributed by atoms with Gasteiger partial charge in [-0.15, -0.1) is 11.6 Å². The molecule has 2 heteroatoms. The average Bonchev–Trinajstić information content (AvgIpc) is 2.47. The van der Waals surface area contributed by atoms with Gasteiger partial charge in [0, 0.05) is 37.1 Å². The van der Waals surface area contributed by atoms with Crippen LogP contribution in [-0.4, -0.2) is 5.38 Å². The Morgan fingerprint density at radius 2 is 2.00 bits per heavy atom. The van der Waals surface area contributed by atoms with Crippen molar-refractivity contribution in [2.24, 2.45) is 0 Å². The molecule has 0 saturated heterocycles. The maximum Gasteiger partial charge on any atom is 0.0411 e. The summed E-state index contributed by atoms with van der Waals surface area (Å²) >= 11 is 6.06. The van der Waals surface area contributed by atoms with E-state index in [-0.39, 0.29) is 31.2 Å². The Balaban J connectivity index is 0.000000845. The topological polar surface area (TPSA) is 0 Å². The van der Waals surface area contributed by atoms with E-state index in [0.717, 1.165) is 0 Å². The molecule has 0 N–H and O–H groups in total. The summed E-state index contributed by atoms with van der Waals surface area (Å²) in [5.41, 5.74) is 2.68. The molecular formula is C11H11ClHf. The second-order valence-corrected chi connectivity index (χ2v) is 3.88. The molecule has 0 aromatic heterocycles. The Kier molecular flexibility index (Phi) is 3.93. The van der Waals surface area contributed by atoms with Gasteiger partial charge in [-0.25, -0.2) is 0 Å². The van der Waals surface area contributed by atoms with Crippen molar-refractivity contribution >= 4 is 17.7 Å². The number of rotatable bonds is 1. The SMILES string of the molecule is CC(Cl)C1C=Cc2ccccc21.[Hf]. The van der Waals surface area contributed by atoms with Crippen LogP contribution in [0.2, 0.25) is 0 Å². The van der Waals surface area contributed by atoms with Crippen LogP contribution in [0.15, 0.2) is 30.3 Å². The third-order valence-electron chi connectivity index (χ3n) is 2.33. The van der Waals surface area contributed by atoms with Gasteiger partial charge in [-0.1, -0.05) is 36.4 Å². The first kappa shape index (κ1) is 11.2. The summed E-state index contributed by atoms with van der Waals surface area (Å²) in [5, 5.41) is 0.185. The predicted molar refractivity (Wildman–Crippen MR) is 53.5 cm³/mol. The van der Waals surface area contributed by atoms with Crippen LogP contribution in [0.4, 0.5) is 0 Å². The molecular weight excluding hydrogens is 346 g/mol. The van der Waals surface area contributed by atoms with Crippen molar-refractivity contribution in [1.29, 1.82) is 0 Å². The van der Waals surface area contributed by atoms with Crippen LogP contribution in [0.1, 0.15) is 24.0 Å². The molecule has 1 aliphatic carbocycles. The van der Waals surface area contributed by atoms with Crippen LogP contribution in [-0.2, 0) is 25.8 Å². The molecule has 0 nitrogen and oxygen atoms in total. The van der Waals surface area contributed by atoms with Crippen molar-refractivity contribution in [2.45, 2.75) is 18.2 Å². The monoisotopic (exact) mass is 358 g/mol. The van der Waals surface area contributed by atoms with Crippen molar-refractivity contribution in [3.05, 3.63) is 41.5 Å². The van der Waals surface area contributed by atoms with Crippen molar-refractivity contribution in [1.82, 2.24) is 0 Å². The second kappa shape index (κ2) is 4.56. The Morgan fingerprint density at radius 3 is 2.69 bits per heavy atom. The Hall–Kier alpha value is 0.120. The molecule has 0 bridgehead atoms. The van der Waals surface area contributed by atoms with Crippen molar-refractivity contribution in [2.75, 3.05) is 0 Å². The first-order valence-corrected chi connectivity index (χ1v) is 4.64. The number of hydrogen-bond acceptors (Lipinski definition) is 0. The van der Waals surface area contributed by atoms with Crippen LogP contribution in [0.3, 0.4) is 0 Å². The smallest absolute Gasteiger partial charge is 0.0411 e. The molecule has 2 atom stereocenters. The minimum atomic E-state index is 0. The summed E-state index contributed by atoms with van der Waals surface area (Å²) in [6.07, 6.45) is 4.33. The van der Waals surface area contributed by atoms with E-state index in [0.29, 0.717) is 5.92 Å². The number of benzene rings is 1. The fourth-order valence-corrected chi connectivity index (χ4v) is 1.90. The normalized spacial score (nSPS) is 20.6. The second-order valence-electron chi connectivity index (χ2n) is 3.19. The van der Waals surface area contributed by atoms with E-state index in [1.165, 1.54) is 11.1 Å². The molecule has 1 aromatic rings. The number of allylic oxidation sites excluding steroid dienone is 1. The molecule has 0 radical (unpaired) electrons. The fraction of sp³-hybridized carbons (Fsp3) is 0.273. The maximum atomic E-state index is 6.06. The zero-order valence-corrected chi connectivity index (χ0v) is 11.8. The molecule has 0 spiro atoms. The zero-order valence-electron chi connectivity index (χ0n) is 7.50. The molecule has 13 heavy (non-hydrogen) atoms. The Labute approximate surface area is 103 Å². The standard InChI is InChI=1S/C11H11Cl.Hf/c1-8(12)10-7-6-9-4-2-3-5-11(9)10;/h2-8,10H,1H3;. The third-order valence-corrected chi connectivity index (χ3v) is 2.60. The minimum absolute atomic E-state index is 0. The summed E-state index contributed by atoms with van der Waals surface area (Å²) < 4.78 is 0. The molecule has 2 unspecified atom stereocenters. The minimum Gasteiger partial charge on any atom is -0.122 e. The van der Waals surface area contributed by atoms with Gasteiger partial charge in [0.1, 0.15) is 0 Å². The van der Waals surface area contributed by atoms with E-state index >= 15 is 0 Å². The van der Waals surface area contributed by atoms with Crippen LogP contribution in [0.5, 0.6) is 0 Å². The first-order valence-electron chi connectivity index (χ1n) is 4.20. The van der Waals surface area contributed by atoms with Gasteiger partial charge < -0.3 is 0 Å². The van der Waals surface area contributed by atoms with Gasteiger partial charge in [-0.3, -0.25) is 0 Å². The largest absolute Gasteiger partial charge is 0.122 e. The molecule has 1 aliphatic rings. The average molecular weight is 357 g/mol. The van der Waals surface area contributed by atoms with E-state index in [9.17, 15) is 0 Å². The van der Waals surface area contributed by atoms with Crippen LogP contribution >= 0.6 is 11.6 Å². The van der Waals surface area contributed by atoms with Gasteiger partial charge in [-0.05, 0) is 18.1 Å². The molecule has 0 fully saturated rings. The summed E-state index contributed by atoms with van der Waals surface area (Å²) in [6.45, 7) is 2.04. The van der Waals surface area contributed by atoms with E-state index in [1.54, 1.807) is 0 Å². The van der Waals surface area contributed by atoms with E-state index in [1.807, 2.05) is 6.92 Å². The van der Waals surface area contributed by atoms with Crippen LogP contribution in [0.25, 0.3) is 6.08 Å². The van der Waals surface area contributed by atoms with Crippen LogP contribution in [0, 0.1) is 0 Å². The number of alkyl halides is 1. The number of fused-ring (bicyclic) bond motifs is 1. The zero-order chi connectivity index (χ0) is 8.55. The fourth-order valence-electron chi connectivity index (χ4n) is 1.68. The van der Waals surface area contributed by atoms with Gasteiger partial charge >= 0.3 is 0 Å². The molecule has 66 valence electrons. The van der Waals surface area contributed by atoms with Gasteiger partial charge in [0.05, 0.1) is 0 Å². The predicted octanol–water partition coefficient (Wildman–Crippen LogP) is 3.42. The number of hydrogen-bond donors (Lipinski definition) is 0. The third kappa shape index (κ3) is 2.13. The van der Waals surface area contributed by atoms with Gasteiger partial charge in [0.15, 0.2) is 0 Å². The van der Waals surface area contributed by atoms with Crippen molar-refractivity contribution < 1.29 is 25.8 Å². The van der Waals surface area contributed by atoms with Gasteiger partial charge in [-0.2, -0.15) is 0 Å². The van der Waals surface area contributed by atoms with Gasteiger partial charge in [0.25, 0.3) is 0 Å². The molecule has 0 heterocycles. The number of halogens is 1. The Bertz CT molecular complexity index is 318. The summed E-state index contributed by atoms with van der Waals surface area (Å²) in [7, 11) is 0. The molecule has 1 aromatic carbocycles. The van der Waals surface area contributed by atoms with E-state index in [4.69, 9.17) is 11.6 Å². The summed E-state index contributed by atoms with van der Waals surface area (Å²) in [5.74, 6) is 0.405. The van der Waals surface area contributed by atoms with E-state index in [2.05, 4.69) is 36.4 Å². The quantitative estimate of drug-likeness (QED) is 0.534. The van der Waals surface area contributed by atoms with Gasteiger partial charge in [0.2, 0.25) is 0 Å². The molecule has 2 rings (SSSR count). The maximum absolute atomic E-state index is 6.06. The molecule has 0 saturated carbocycles. The van der Waals surface area contributed by atoms with Crippen molar-refractivity contribution in [3.63, 3.8) is 0 Å². The van der Waals surface area contributed by atoms with E-state index < -0.39 is 0 Å². The molecule has 0 amide bonds. The first-order chi connectivity index (χ1) is 5.79. The Morgan fingerprint density at radius 1 is 1.31 bits per heavy atom.